The van der Waals surface area contributed by atoms with Crippen molar-refractivity contribution in [3.05, 3.63) is 12.2 Å². The van der Waals surface area contributed by atoms with Crippen molar-refractivity contribution in [2.24, 2.45) is 11.8 Å². The fraction of sp³-hybridized carbons (Fsp3) is 0.800. The first kappa shape index (κ1) is 8.79. The van der Waals surface area contributed by atoms with E-state index in [0.717, 1.165) is 19.3 Å². The SMILES string of the molecule is C=C1C[C@H](O)[C@H](CC)C[C@H]1C. The van der Waals surface area contributed by atoms with Gasteiger partial charge in [0.25, 0.3) is 0 Å². The van der Waals surface area contributed by atoms with Crippen molar-refractivity contribution in [1.82, 2.24) is 0 Å². The van der Waals surface area contributed by atoms with Gasteiger partial charge in [0, 0.05) is 0 Å². The van der Waals surface area contributed by atoms with Crippen molar-refractivity contribution < 1.29 is 5.11 Å². The van der Waals surface area contributed by atoms with Crippen LogP contribution in [0.5, 0.6) is 0 Å². The summed E-state index contributed by atoms with van der Waals surface area (Å²) in [5, 5.41) is 9.60. The molecular weight excluding hydrogens is 136 g/mol. The van der Waals surface area contributed by atoms with Gasteiger partial charge in [0.2, 0.25) is 0 Å². The molecule has 0 bridgehead atoms. The molecule has 0 unspecified atom stereocenters. The van der Waals surface area contributed by atoms with E-state index >= 15 is 0 Å². The summed E-state index contributed by atoms with van der Waals surface area (Å²) in [6.45, 7) is 8.31. The van der Waals surface area contributed by atoms with Gasteiger partial charge in [-0.1, -0.05) is 32.4 Å². The molecular formula is C10H18O. The Morgan fingerprint density at radius 1 is 1.64 bits per heavy atom. The first-order valence-corrected chi connectivity index (χ1v) is 4.50. The minimum Gasteiger partial charge on any atom is -0.393 e. The summed E-state index contributed by atoms with van der Waals surface area (Å²) >= 11 is 0. The lowest BCUT2D eigenvalue weighted by Crippen LogP contribution is -2.28. The maximum absolute atomic E-state index is 9.60. The lowest BCUT2D eigenvalue weighted by molar-refractivity contribution is 0.0737. The molecule has 0 heterocycles. The number of aliphatic hydroxyl groups excluding tert-OH is 1. The fourth-order valence-electron chi connectivity index (χ4n) is 1.85. The van der Waals surface area contributed by atoms with Crippen molar-refractivity contribution in [3.63, 3.8) is 0 Å². The summed E-state index contributed by atoms with van der Waals surface area (Å²) in [6.07, 6.45) is 2.92. The minimum atomic E-state index is -0.122. The summed E-state index contributed by atoms with van der Waals surface area (Å²) in [4.78, 5) is 0. The molecule has 1 saturated carbocycles. The highest BCUT2D eigenvalue weighted by atomic mass is 16.3. The van der Waals surface area contributed by atoms with Crippen LogP contribution >= 0.6 is 0 Å². The van der Waals surface area contributed by atoms with Gasteiger partial charge >= 0.3 is 0 Å². The first-order chi connectivity index (χ1) is 5.15. The number of aliphatic hydroxyl groups is 1. The van der Waals surface area contributed by atoms with E-state index in [-0.39, 0.29) is 6.10 Å². The number of hydrogen-bond donors (Lipinski definition) is 1. The van der Waals surface area contributed by atoms with Gasteiger partial charge in [-0.05, 0) is 24.7 Å². The molecule has 11 heavy (non-hydrogen) atoms. The topological polar surface area (TPSA) is 20.2 Å². The lowest BCUT2D eigenvalue weighted by Gasteiger charge is -2.32. The van der Waals surface area contributed by atoms with Gasteiger partial charge in [0.05, 0.1) is 6.10 Å². The highest BCUT2D eigenvalue weighted by molar-refractivity contribution is 5.06. The van der Waals surface area contributed by atoms with Crippen LogP contribution in [0.25, 0.3) is 0 Å². The second-order valence-electron chi connectivity index (χ2n) is 3.73. The molecule has 1 rings (SSSR count). The van der Waals surface area contributed by atoms with Crippen molar-refractivity contribution in [3.8, 4) is 0 Å². The predicted octanol–water partition coefficient (Wildman–Crippen LogP) is 2.36. The molecule has 1 N–H and O–H groups in total. The molecule has 1 fully saturated rings. The zero-order valence-electron chi connectivity index (χ0n) is 7.51. The summed E-state index contributed by atoms with van der Waals surface area (Å²) < 4.78 is 0. The molecule has 0 saturated heterocycles. The first-order valence-electron chi connectivity index (χ1n) is 4.50. The average Bonchev–Trinajstić information content (AvgIpc) is 1.97. The van der Waals surface area contributed by atoms with Crippen LogP contribution in [0.15, 0.2) is 12.2 Å². The highest BCUT2D eigenvalue weighted by Gasteiger charge is 2.27. The summed E-state index contributed by atoms with van der Waals surface area (Å²) in [5.74, 6) is 1.12. The van der Waals surface area contributed by atoms with Crippen molar-refractivity contribution in [2.75, 3.05) is 0 Å². The van der Waals surface area contributed by atoms with Gasteiger partial charge < -0.3 is 5.11 Å². The molecule has 0 aromatic heterocycles. The number of hydrogen-bond acceptors (Lipinski definition) is 1. The molecule has 1 nitrogen and oxygen atoms in total. The standard InChI is InChI=1S/C10H18O/c1-4-9-5-7(2)8(3)6-10(9)11/h7,9-11H,3-6H2,1-2H3/t7-,9-,10+/m1/s1. The van der Waals surface area contributed by atoms with Gasteiger partial charge in [-0.2, -0.15) is 0 Å². The molecule has 0 spiro atoms. The summed E-state index contributed by atoms with van der Waals surface area (Å²) in [5.41, 5.74) is 1.22. The third-order valence-corrected chi connectivity index (χ3v) is 2.89. The monoisotopic (exact) mass is 154 g/mol. The molecule has 1 heteroatoms. The quantitative estimate of drug-likeness (QED) is 0.575. The Labute approximate surface area is 69.1 Å². The normalized spacial score (nSPS) is 39.2. The van der Waals surface area contributed by atoms with E-state index < -0.39 is 0 Å². The largest absolute Gasteiger partial charge is 0.393 e. The highest BCUT2D eigenvalue weighted by Crippen LogP contribution is 2.33. The van der Waals surface area contributed by atoms with E-state index in [1.54, 1.807) is 0 Å². The zero-order valence-corrected chi connectivity index (χ0v) is 7.51. The Morgan fingerprint density at radius 3 is 2.82 bits per heavy atom. The Hall–Kier alpha value is -0.300. The molecule has 64 valence electrons. The number of rotatable bonds is 1. The second kappa shape index (κ2) is 3.40. The fourth-order valence-corrected chi connectivity index (χ4v) is 1.85. The van der Waals surface area contributed by atoms with Crippen LogP contribution in [-0.2, 0) is 0 Å². The minimum absolute atomic E-state index is 0.122. The molecule has 3 atom stereocenters. The van der Waals surface area contributed by atoms with Crippen molar-refractivity contribution >= 4 is 0 Å². The molecule has 0 aromatic carbocycles. The smallest absolute Gasteiger partial charge is 0.0605 e. The van der Waals surface area contributed by atoms with Gasteiger partial charge in [-0.25, -0.2) is 0 Å². The summed E-state index contributed by atoms with van der Waals surface area (Å²) in [7, 11) is 0. The van der Waals surface area contributed by atoms with Gasteiger partial charge in [-0.15, -0.1) is 0 Å². The lowest BCUT2D eigenvalue weighted by atomic mass is 9.76. The molecule has 0 radical (unpaired) electrons. The van der Waals surface area contributed by atoms with Crippen LogP contribution in [0, 0.1) is 11.8 Å². The van der Waals surface area contributed by atoms with Crippen LogP contribution in [-0.4, -0.2) is 11.2 Å². The molecule has 0 amide bonds. The second-order valence-corrected chi connectivity index (χ2v) is 3.73. The van der Waals surface area contributed by atoms with Crippen LogP contribution in [0.2, 0.25) is 0 Å². The van der Waals surface area contributed by atoms with E-state index in [4.69, 9.17) is 0 Å². The van der Waals surface area contributed by atoms with Crippen LogP contribution in [0.4, 0.5) is 0 Å². The van der Waals surface area contributed by atoms with Crippen molar-refractivity contribution in [1.29, 1.82) is 0 Å². The van der Waals surface area contributed by atoms with E-state index in [0.29, 0.717) is 11.8 Å². The zero-order chi connectivity index (χ0) is 8.43. The molecule has 1 aliphatic rings. The van der Waals surface area contributed by atoms with E-state index in [2.05, 4.69) is 20.4 Å². The predicted molar refractivity (Wildman–Crippen MR) is 47.3 cm³/mol. The third-order valence-electron chi connectivity index (χ3n) is 2.89. The van der Waals surface area contributed by atoms with Crippen LogP contribution in [0.3, 0.4) is 0 Å². The Balaban J connectivity index is 2.54. The molecule has 1 aliphatic carbocycles. The van der Waals surface area contributed by atoms with Gasteiger partial charge in [-0.3, -0.25) is 0 Å². The van der Waals surface area contributed by atoms with E-state index in [1.807, 2.05) is 0 Å². The maximum atomic E-state index is 9.60. The van der Waals surface area contributed by atoms with E-state index in [1.165, 1.54) is 5.57 Å². The van der Waals surface area contributed by atoms with Crippen molar-refractivity contribution in [2.45, 2.75) is 39.2 Å². The average molecular weight is 154 g/mol. The third kappa shape index (κ3) is 1.84. The van der Waals surface area contributed by atoms with E-state index in [9.17, 15) is 5.11 Å². The van der Waals surface area contributed by atoms with Crippen LogP contribution in [0.1, 0.15) is 33.1 Å². The molecule has 0 aliphatic heterocycles. The van der Waals surface area contributed by atoms with Gasteiger partial charge in [0.15, 0.2) is 0 Å². The maximum Gasteiger partial charge on any atom is 0.0605 e. The Bertz CT molecular complexity index is 151. The van der Waals surface area contributed by atoms with Gasteiger partial charge in [0.1, 0.15) is 0 Å². The van der Waals surface area contributed by atoms with Crippen LogP contribution < -0.4 is 0 Å². The Kier molecular flexibility index (Phi) is 2.72. The Morgan fingerprint density at radius 2 is 2.27 bits per heavy atom. The molecule has 0 aromatic rings. The summed E-state index contributed by atoms with van der Waals surface area (Å²) in [6, 6.07) is 0.